The van der Waals surface area contributed by atoms with Crippen LogP contribution in [-0.2, 0) is 0 Å². The fraction of sp³-hybridized carbons (Fsp3) is 0.636. The van der Waals surface area contributed by atoms with Crippen molar-refractivity contribution in [3.63, 3.8) is 0 Å². The second-order valence-corrected chi connectivity index (χ2v) is 3.51. The van der Waals surface area contributed by atoms with Gasteiger partial charge in [0.1, 0.15) is 0 Å². The van der Waals surface area contributed by atoms with E-state index in [0.717, 1.165) is 5.92 Å². The second-order valence-electron chi connectivity index (χ2n) is 3.51. The molecule has 0 amide bonds. The van der Waals surface area contributed by atoms with Gasteiger partial charge in [-0.1, -0.05) is 37.6 Å². The SMILES string of the molecule is C/C=C\C1C(N)C=CCC1CC. The van der Waals surface area contributed by atoms with Crippen LogP contribution in [0.4, 0.5) is 0 Å². The topological polar surface area (TPSA) is 26.0 Å². The molecule has 0 heterocycles. The maximum atomic E-state index is 5.99. The summed E-state index contributed by atoms with van der Waals surface area (Å²) < 4.78 is 0. The first kappa shape index (κ1) is 9.53. The summed E-state index contributed by atoms with van der Waals surface area (Å²) in [5, 5.41) is 0. The smallest absolute Gasteiger partial charge is 0.0290 e. The van der Waals surface area contributed by atoms with Crippen molar-refractivity contribution in [1.29, 1.82) is 0 Å². The van der Waals surface area contributed by atoms with Crippen LogP contribution in [-0.4, -0.2) is 6.04 Å². The Balaban J connectivity index is 2.69. The Kier molecular flexibility index (Phi) is 3.54. The van der Waals surface area contributed by atoms with E-state index in [1.165, 1.54) is 12.8 Å². The third kappa shape index (κ3) is 1.98. The van der Waals surface area contributed by atoms with Crippen LogP contribution in [0.5, 0.6) is 0 Å². The van der Waals surface area contributed by atoms with Gasteiger partial charge in [0.05, 0.1) is 0 Å². The van der Waals surface area contributed by atoms with E-state index < -0.39 is 0 Å². The van der Waals surface area contributed by atoms with Crippen molar-refractivity contribution in [3.8, 4) is 0 Å². The van der Waals surface area contributed by atoms with Crippen LogP contribution in [0.1, 0.15) is 26.7 Å². The van der Waals surface area contributed by atoms with Gasteiger partial charge in [0.25, 0.3) is 0 Å². The van der Waals surface area contributed by atoms with Gasteiger partial charge in [-0.05, 0) is 25.2 Å². The van der Waals surface area contributed by atoms with Crippen LogP contribution in [0.25, 0.3) is 0 Å². The lowest BCUT2D eigenvalue weighted by Gasteiger charge is -2.29. The van der Waals surface area contributed by atoms with Crippen LogP contribution >= 0.6 is 0 Å². The van der Waals surface area contributed by atoms with E-state index in [4.69, 9.17) is 5.73 Å². The highest BCUT2D eigenvalue weighted by Gasteiger charge is 2.23. The molecule has 12 heavy (non-hydrogen) atoms. The molecule has 2 N–H and O–H groups in total. The van der Waals surface area contributed by atoms with Gasteiger partial charge in [0.15, 0.2) is 0 Å². The van der Waals surface area contributed by atoms with E-state index in [2.05, 4.69) is 38.2 Å². The molecule has 0 aliphatic heterocycles. The molecule has 0 aromatic heterocycles. The van der Waals surface area contributed by atoms with E-state index in [9.17, 15) is 0 Å². The first-order valence-corrected chi connectivity index (χ1v) is 4.84. The molecule has 0 aromatic rings. The number of hydrogen-bond donors (Lipinski definition) is 1. The van der Waals surface area contributed by atoms with Crippen LogP contribution in [0, 0.1) is 11.8 Å². The van der Waals surface area contributed by atoms with Gasteiger partial charge < -0.3 is 5.73 Å². The van der Waals surface area contributed by atoms with Crippen molar-refractivity contribution >= 4 is 0 Å². The van der Waals surface area contributed by atoms with Crippen LogP contribution < -0.4 is 5.73 Å². The molecule has 3 unspecified atom stereocenters. The second kappa shape index (κ2) is 4.46. The summed E-state index contributed by atoms with van der Waals surface area (Å²) in [5.41, 5.74) is 5.99. The molecule has 1 aliphatic rings. The predicted octanol–water partition coefficient (Wildman–Crippen LogP) is 2.49. The molecule has 0 bridgehead atoms. The normalized spacial score (nSPS) is 36.1. The predicted molar refractivity (Wildman–Crippen MR) is 53.8 cm³/mol. The largest absolute Gasteiger partial charge is 0.324 e. The van der Waals surface area contributed by atoms with Crippen molar-refractivity contribution in [1.82, 2.24) is 0 Å². The van der Waals surface area contributed by atoms with Gasteiger partial charge in [-0.15, -0.1) is 0 Å². The van der Waals surface area contributed by atoms with Gasteiger partial charge in [-0.3, -0.25) is 0 Å². The third-order valence-corrected chi connectivity index (χ3v) is 2.72. The summed E-state index contributed by atoms with van der Waals surface area (Å²) in [4.78, 5) is 0. The highest BCUT2D eigenvalue weighted by molar-refractivity contribution is 5.09. The highest BCUT2D eigenvalue weighted by Crippen LogP contribution is 2.28. The van der Waals surface area contributed by atoms with Crippen molar-refractivity contribution in [2.45, 2.75) is 32.7 Å². The number of rotatable bonds is 2. The lowest BCUT2D eigenvalue weighted by Crippen LogP contribution is -2.34. The summed E-state index contributed by atoms with van der Waals surface area (Å²) in [7, 11) is 0. The summed E-state index contributed by atoms with van der Waals surface area (Å²) in [6, 6.07) is 0.236. The van der Waals surface area contributed by atoms with Gasteiger partial charge in [-0.25, -0.2) is 0 Å². The van der Waals surface area contributed by atoms with Gasteiger partial charge in [0, 0.05) is 6.04 Å². The monoisotopic (exact) mass is 165 g/mol. The molecule has 0 saturated heterocycles. The zero-order valence-corrected chi connectivity index (χ0v) is 8.03. The summed E-state index contributed by atoms with van der Waals surface area (Å²) >= 11 is 0. The number of allylic oxidation sites excluding steroid dienone is 2. The van der Waals surface area contributed by atoms with Crippen molar-refractivity contribution in [3.05, 3.63) is 24.3 Å². The maximum Gasteiger partial charge on any atom is 0.0290 e. The molecule has 1 nitrogen and oxygen atoms in total. The van der Waals surface area contributed by atoms with Crippen LogP contribution in [0.2, 0.25) is 0 Å². The molecule has 0 aromatic carbocycles. The Morgan fingerprint density at radius 1 is 1.58 bits per heavy atom. The molecular weight excluding hydrogens is 146 g/mol. The van der Waals surface area contributed by atoms with Crippen molar-refractivity contribution < 1.29 is 0 Å². The Morgan fingerprint density at radius 2 is 2.33 bits per heavy atom. The zero-order valence-electron chi connectivity index (χ0n) is 8.03. The highest BCUT2D eigenvalue weighted by atomic mass is 14.6. The molecule has 68 valence electrons. The van der Waals surface area contributed by atoms with Gasteiger partial charge in [0.2, 0.25) is 0 Å². The van der Waals surface area contributed by atoms with Crippen molar-refractivity contribution in [2.75, 3.05) is 0 Å². The van der Waals surface area contributed by atoms with E-state index in [1.807, 2.05) is 0 Å². The van der Waals surface area contributed by atoms with E-state index in [0.29, 0.717) is 5.92 Å². The molecule has 1 heteroatoms. The van der Waals surface area contributed by atoms with Crippen molar-refractivity contribution in [2.24, 2.45) is 17.6 Å². The summed E-state index contributed by atoms with van der Waals surface area (Å²) in [6.07, 6.45) is 11.1. The average Bonchev–Trinajstić information content (AvgIpc) is 2.09. The number of nitrogens with two attached hydrogens (primary N) is 1. The summed E-state index contributed by atoms with van der Waals surface area (Å²) in [5.74, 6) is 1.31. The number of hydrogen-bond acceptors (Lipinski definition) is 1. The molecular formula is C11H19N. The molecule has 0 radical (unpaired) electrons. The fourth-order valence-corrected chi connectivity index (χ4v) is 1.96. The zero-order chi connectivity index (χ0) is 8.97. The lowest BCUT2D eigenvalue weighted by atomic mass is 9.78. The van der Waals surface area contributed by atoms with E-state index >= 15 is 0 Å². The average molecular weight is 165 g/mol. The fourth-order valence-electron chi connectivity index (χ4n) is 1.96. The van der Waals surface area contributed by atoms with Gasteiger partial charge in [-0.2, -0.15) is 0 Å². The molecule has 0 spiro atoms. The van der Waals surface area contributed by atoms with Gasteiger partial charge >= 0.3 is 0 Å². The molecule has 3 atom stereocenters. The minimum atomic E-state index is 0.236. The molecule has 0 saturated carbocycles. The quantitative estimate of drug-likeness (QED) is 0.625. The van der Waals surface area contributed by atoms with Crippen LogP contribution in [0.3, 0.4) is 0 Å². The van der Waals surface area contributed by atoms with E-state index in [1.54, 1.807) is 0 Å². The Bertz CT molecular complexity index is 181. The molecule has 1 aliphatic carbocycles. The Hall–Kier alpha value is -0.560. The molecule has 1 rings (SSSR count). The summed E-state index contributed by atoms with van der Waals surface area (Å²) in [6.45, 7) is 4.31. The first-order valence-electron chi connectivity index (χ1n) is 4.84. The lowest BCUT2D eigenvalue weighted by molar-refractivity contribution is 0.343. The minimum Gasteiger partial charge on any atom is -0.324 e. The first-order chi connectivity index (χ1) is 5.79. The Morgan fingerprint density at radius 3 is 2.92 bits per heavy atom. The third-order valence-electron chi connectivity index (χ3n) is 2.72. The Labute approximate surface area is 75.3 Å². The van der Waals surface area contributed by atoms with Crippen LogP contribution in [0.15, 0.2) is 24.3 Å². The van der Waals surface area contributed by atoms with E-state index in [-0.39, 0.29) is 6.04 Å². The minimum absolute atomic E-state index is 0.236. The molecule has 0 fully saturated rings. The standard InChI is InChI=1S/C11H19N/c1-3-6-10-9(4-2)7-5-8-11(10)12/h3,5-6,8-11H,4,7,12H2,1-2H3/b6-3-. The maximum absolute atomic E-state index is 5.99.